The van der Waals surface area contributed by atoms with Gasteiger partial charge in [-0.3, -0.25) is 9.59 Å². The summed E-state index contributed by atoms with van der Waals surface area (Å²) in [5.41, 5.74) is 3.73. The molecule has 0 aliphatic rings. The fourth-order valence-electron chi connectivity index (χ4n) is 3.50. The van der Waals surface area contributed by atoms with E-state index in [1.54, 1.807) is 39.9 Å². The molecule has 4 rings (SSSR count). The first-order valence-electron chi connectivity index (χ1n) is 10.2. The average molecular weight is 413 g/mol. The lowest BCUT2D eigenvalue weighted by molar-refractivity contribution is 0.0772. The molecule has 0 radical (unpaired) electrons. The van der Waals surface area contributed by atoms with Crippen LogP contribution in [0.1, 0.15) is 34.6 Å². The fourth-order valence-corrected chi connectivity index (χ4v) is 3.50. The highest BCUT2D eigenvalue weighted by atomic mass is 16.2. The van der Waals surface area contributed by atoms with E-state index < -0.39 is 0 Å². The zero-order valence-electron chi connectivity index (χ0n) is 17.4. The van der Waals surface area contributed by atoms with E-state index in [9.17, 15) is 9.59 Å². The first kappa shape index (κ1) is 20.3. The molecule has 0 saturated carbocycles. The smallest absolute Gasteiger partial charge is 0.261 e. The van der Waals surface area contributed by atoms with Crippen molar-refractivity contribution in [3.8, 4) is 11.3 Å². The van der Waals surface area contributed by atoms with E-state index in [0.29, 0.717) is 35.6 Å². The maximum absolute atomic E-state index is 13.0. The molecule has 2 heterocycles. The van der Waals surface area contributed by atoms with Gasteiger partial charge in [-0.25, -0.2) is 9.50 Å². The molecule has 0 aliphatic heterocycles. The molecule has 0 aliphatic carbocycles. The molecule has 7 nitrogen and oxygen atoms in total. The van der Waals surface area contributed by atoms with Crippen molar-refractivity contribution in [2.45, 2.75) is 13.8 Å². The van der Waals surface area contributed by atoms with Crippen molar-refractivity contribution in [2.75, 3.05) is 18.4 Å². The highest BCUT2D eigenvalue weighted by Gasteiger charge is 2.18. The van der Waals surface area contributed by atoms with Crippen LogP contribution in [0, 0.1) is 0 Å². The number of fused-ring (bicyclic) bond motifs is 1. The van der Waals surface area contributed by atoms with Gasteiger partial charge in [0.25, 0.3) is 11.8 Å². The average Bonchev–Trinajstić information content (AvgIpc) is 3.25. The van der Waals surface area contributed by atoms with Gasteiger partial charge in [-0.2, -0.15) is 5.10 Å². The summed E-state index contributed by atoms with van der Waals surface area (Å²) < 4.78 is 1.66. The van der Waals surface area contributed by atoms with Gasteiger partial charge in [-0.1, -0.05) is 36.4 Å². The highest BCUT2D eigenvalue weighted by Crippen LogP contribution is 2.21. The second-order valence-corrected chi connectivity index (χ2v) is 7.00. The third-order valence-electron chi connectivity index (χ3n) is 5.13. The zero-order chi connectivity index (χ0) is 21.8. The number of hydrogen-bond acceptors (Lipinski definition) is 4. The van der Waals surface area contributed by atoms with E-state index in [4.69, 9.17) is 0 Å². The monoisotopic (exact) mass is 413 g/mol. The Labute approximate surface area is 180 Å². The van der Waals surface area contributed by atoms with Gasteiger partial charge >= 0.3 is 0 Å². The van der Waals surface area contributed by atoms with Crippen LogP contribution in [-0.2, 0) is 0 Å². The third kappa shape index (κ3) is 4.02. The number of amides is 2. The van der Waals surface area contributed by atoms with Crippen molar-refractivity contribution in [1.82, 2.24) is 19.5 Å². The van der Waals surface area contributed by atoms with Gasteiger partial charge < -0.3 is 10.2 Å². The predicted octanol–water partition coefficient (Wildman–Crippen LogP) is 4.13. The molecule has 0 fully saturated rings. The molecular formula is C24H23N5O2. The number of benzene rings is 2. The van der Waals surface area contributed by atoms with Crippen LogP contribution in [0.25, 0.3) is 16.9 Å². The standard InChI is InChI=1S/C24H23N5O2/c1-3-28(4-2)24(31)18-11-8-12-19(15-18)27-23(30)20-16-26-29-21(13-14-25-22(20)29)17-9-6-5-7-10-17/h5-16H,3-4H2,1-2H3,(H,27,30). The van der Waals surface area contributed by atoms with E-state index in [1.165, 1.54) is 6.20 Å². The SMILES string of the molecule is CCN(CC)C(=O)c1cccc(NC(=O)c2cnn3c(-c4ccccc4)ccnc23)c1. The third-order valence-corrected chi connectivity index (χ3v) is 5.13. The van der Waals surface area contributed by atoms with Gasteiger partial charge in [-0.15, -0.1) is 0 Å². The molecule has 0 bridgehead atoms. The van der Waals surface area contributed by atoms with E-state index in [-0.39, 0.29) is 11.8 Å². The highest BCUT2D eigenvalue weighted by molar-refractivity contribution is 6.08. The first-order valence-corrected chi connectivity index (χ1v) is 10.2. The number of nitrogens with one attached hydrogen (secondary N) is 1. The Morgan fingerprint density at radius 1 is 1.00 bits per heavy atom. The maximum Gasteiger partial charge on any atom is 0.261 e. The Morgan fingerprint density at radius 2 is 1.77 bits per heavy atom. The van der Waals surface area contributed by atoms with Crippen molar-refractivity contribution >= 4 is 23.1 Å². The number of hydrogen-bond donors (Lipinski definition) is 1. The molecule has 0 saturated heterocycles. The zero-order valence-corrected chi connectivity index (χ0v) is 17.4. The van der Waals surface area contributed by atoms with Crippen molar-refractivity contribution in [2.24, 2.45) is 0 Å². The van der Waals surface area contributed by atoms with Crippen molar-refractivity contribution in [3.63, 3.8) is 0 Å². The molecule has 4 aromatic rings. The molecule has 1 N–H and O–H groups in total. The minimum Gasteiger partial charge on any atom is -0.339 e. The largest absolute Gasteiger partial charge is 0.339 e. The van der Waals surface area contributed by atoms with Crippen LogP contribution < -0.4 is 5.32 Å². The number of rotatable bonds is 6. The lowest BCUT2D eigenvalue weighted by Crippen LogP contribution is -2.30. The second-order valence-electron chi connectivity index (χ2n) is 7.00. The Kier molecular flexibility index (Phi) is 5.75. The topological polar surface area (TPSA) is 79.6 Å². The number of carbonyl (C=O) groups is 2. The Hall–Kier alpha value is -4.00. The molecule has 2 amide bonds. The Morgan fingerprint density at radius 3 is 2.52 bits per heavy atom. The summed E-state index contributed by atoms with van der Waals surface area (Å²) in [5, 5.41) is 7.24. The lowest BCUT2D eigenvalue weighted by atomic mass is 10.1. The van der Waals surface area contributed by atoms with E-state index >= 15 is 0 Å². The van der Waals surface area contributed by atoms with Gasteiger partial charge in [0, 0.05) is 36.1 Å². The van der Waals surface area contributed by atoms with Crippen molar-refractivity contribution in [3.05, 3.63) is 84.2 Å². The lowest BCUT2D eigenvalue weighted by Gasteiger charge is -2.19. The molecule has 0 unspecified atom stereocenters. The Balaban J connectivity index is 1.62. The van der Waals surface area contributed by atoms with Gasteiger partial charge in [-0.05, 0) is 38.1 Å². The van der Waals surface area contributed by atoms with Crippen molar-refractivity contribution < 1.29 is 9.59 Å². The van der Waals surface area contributed by atoms with Crippen LogP contribution >= 0.6 is 0 Å². The number of carbonyl (C=O) groups excluding carboxylic acids is 2. The molecule has 7 heteroatoms. The normalized spacial score (nSPS) is 10.8. The van der Waals surface area contributed by atoms with Gasteiger partial charge in [0.15, 0.2) is 5.65 Å². The molecule has 2 aromatic heterocycles. The number of nitrogens with zero attached hydrogens (tertiary/aromatic N) is 4. The Bertz CT molecular complexity index is 1230. The second kappa shape index (κ2) is 8.79. The minimum absolute atomic E-state index is 0.0637. The summed E-state index contributed by atoms with van der Waals surface area (Å²) in [5.74, 6) is -0.397. The van der Waals surface area contributed by atoms with Crippen LogP contribution in [-0.4, -0.2) is 44.4 Å². The summed E-state index contributed by atoms with van der Waals surface area (Å²) >= 11 is 0. The van der Waals surface area contributed by atoms with Crippen LogP contribution in [0.2, 0.25) is 0 Å². The number of anilines is 1. The van der Waals surface area contributed by atoms with Gasteiger partial charge in [0.2, 0.25) is 0 Å². The summed E-state index contributed by atoms with van der Waals surface area (Å²) in [4.78, 5) is 31.7. The van der Waals surface area contributed by atoms with Crippen molar-refractivity contribution in [1.29, 1.82) is 0 Å². The molecule has 31 heavy (non-hydrogen) atoms. The molecule has 0 spiro atoms. The summed E-state index contributed by atoms with van der Waals surface area (Å²) in [6, 6.07) is 18.6. The number of aromatic nitrogens is 3. The quantitative estimate of drug-likeness (QED) is 0.515. The van der Waals surface area contributed by atoms with Crippen LogP contribution in [0.3, 0.4) is 0 Å². The van der Waals surface area contributed by atoms with Gasteiger partial charge in [0.1, 0.15) is 5.56 Å². The summed E-state index contributed by atoms with van der Waals surface area (Å²) in [6.45, 7) is 5.14. The molecule has 0 atom stereocenters. The molecule has 2 aromatic carbocycles. The maximum atomic E-state index is 13.0. The fraction of sp³-hybridized carbons (Fsp3) is 0.167. The first-order chi connectivity index (χ1) is 15.1. The van der Waals surface area contributed by atoms with Crippen LogP contribution in [0.4, 0.5) is 5.69 Å². The molecular weight excluding hydrogens is 390 g/mol. The van der Waals surface area contributed by atoms with E-state index in [2.05, 4.69) is 15.4 Å². The van der Waals surface area contributed by atoms with Crippen LogP contribution in [0.15, 0.2) is 73.1 Å². The van der Waals surface area contributed by atoms with E-state index in [1.807, 2.05) is 50.2 Å². The van der Waals surface area contributed by atoms with Crippen LogP contribution in [0.5, 0.6) is 0 Å². The predicted molar refractivity (Wildman–Crippen MR) is 120 cm³/mol. The summed E-state index contributed by atoms with van der Waals surface area (Å²) in [6.07, 6.45) is 3.18. The minimum atomic E-state index is -0.333. The van der Waals surface area contributed by atoms with E-state index in [0.717, 1.165) is 11.3 Å². The molecule has 156 valence electrons. The van der Waals surface area contributed by atoms with Gasteiger partial charge in [0.05, 0.1) is 11.9 Å². The summed E-state index contributed by atoms with van der Waals surface area (Å²) in [7, 11) is 0.